The zero-order valence-electron chi connectivity index (χ0n) is 15.9. The van der Waals surface area contributed by atoms with Crippen molar-refractivity contribution in [2.24, 2.45) is 5.84 Å². The Labute approximate surface area is 165 Å². The minimum Gasteiger partial charge on any atom is -0.454 e. The molecule has 2 atom stereocenters. The van der Waals surface area contributed by atoms with Gasteiger partial charge in [-0.1, -0.05) is 43.3 Å². The predicted octanol–water partition coefficient (Wildman–Crippen LogP) is 3.68. The molecule has 2 unspecified atom stereocenters. The van der Waals surface area contributed by atoms with Crippen molar-refractivity contribution in [2.75, 3.05) is 13.3 Å². The summed E-state index contributed by atoms with van der Waals surface area (Å²) in [6.45, 7) is 3.31. The van der Waals surface area contributed by atoms with E-state index in [0.29, 0.717) is 12.0 Å². The first-order valence-corrected chi connectivity index (χ1v) is 9.55. The van der Waals surface area contributed by atoms with Gasteiger partial charge < -0.3 is 9.47 Å². The maximum absolute atomic E-state index is 11.1. The molecule has 2 aromatic carbocycles. The summed E-state index contributed by atoms with van der Waals surface area (Å²) in [5, 5.41) is 1.94. The first-order chi connectivity index (χ1) is 13.7. The molecule has 0 saturated heterocycles. The van der Waals surface area contributed by atoms with Crippen LogP contribution < -0.4 is 15.3 Å². The highest BCUT2D eigenvalue weighted by Gasteiger charge is 2.41. The van der Waals surface area contributed by atoms with E-state index in [1.54, 1.807) is 12.2 Å². The van der Waals surface area contributed by atoms with Crippen molar-refractivity contribution >= 4 is 11.9 Å². The lowest BCUT2D eigenvalue weighted by Gasteiger charge is -2.12. The molecule has 0 amide bonds. The molecular weight excluding hydrogens is 352 g/mol. The number of hydrogen-bond donors (Lipinski definition) is 1. The molecule has 28 heavy (non-hydrogen) atoms. The summed E-state index contributed by atoms with van der Waals surface area (Å²) in [5.74, 6) is 8.08. The van der Waals surface area contributed by atoms with Gasteiger partial charge in [0.15, 0.2) is 17.3 Å². The molecule has 0 spiro atoms. The van der Waals surface area contributed by atoms with Crippen LogP contribution >= 0.6 is 0 Å². The second kappa shape index (κ2) is 8.00. The van der Waals surface area contributed by atoms with E-state index in [9.17, 15) is 4.79 Å². The van der Waals surface area contributed by atoms with E-state index >= 15 is 0 Å². The third kappa shape index (κ3) is 4.01. The summed E-state index contributed by atoms with van der Waals surface area (Å²) in [6.07, 6.45) is 6.41. The van der Waals surface area contributed by atoms with Gasteiger partial charge in [-0.2, -0.15) is 0 Å². The SMILES string of the molecule is CCN(N)C1CC1c1ccccc1.O=C1C=CC1=Cc1ccc2c(c1)OCO2. The Bertz CT molecular complexity index is 921. The van der Waals surface area contributed by atoms with Crippen LogP contribution in [-0.4, -0.2) is 30.2 Å². The fraction of sp³-hybridized carbons (Fsp3) is 0.261. The van der Waals surface area contributed by atoms with E-state index in [0.717, 1.165) is 29.2 Å². The highest BCUT2D eigenvalue weighted by Crippen LogP contribution is 2.43. The summed E-state index contributed by atoms with van der Waals surface area (Å²) in [5.41, 5.74) is 3.11. The molecule has 5 rings (SSSR count). The number of fused-ring (bicyclic) bond motifs is 1. The van der Waals surface area contributed by atoms with Gasteiger partial charge in [-0.15, -0.1) is 0 Å². The number of hydrazine groups is 1. The molecule has 1 saturated carbocycles. The Hall–Kier alpha value is -2.89. The van der Waals surface area contributed by atoms with Gasteiger partial charge >= 0.3 is 0 Å². The van der Waals surface area contributed by atoms with Gasteiger partial charge in [-0.25, -0.2) is 5.01 Å². The number of nitrogens with zero attached hydrogens (tertiary/aromatic N) is 1. The smallest absolute Gasteiger partial charge is 0.231 e. The van der Waals surface area contributed by atoms with Crippen molar-refractivity contribution < 1.29 is 14.3 Å². The lowest BCUT2D eigenvalue weighted by molar-refractivity contribution is -0.111. The molecular formula is C23H24N2O3. The fourth-order valence-corrected chi connectivity index (χ4v) is 3.39. The number of rotatable bonds is 4. The van der Waals surface area contributed by atoms with Crippen LogP contribution in [0.3, 0.4) is 0 Å². The Morgan fingerprint density at radius 2 is 1.89 bits per heavy atom. The number of likely N-dealkylation sites (N-methyl/N-ethyl adjacent to an activating group) is 1. The number of carbonyl (C=O) groups is 1. The van der Waals surface area contributed by atoms with Crippen molar-refractivity contribution in [1.29, 1.82) is 0 Å². The van der Waals surface area contributed by atoms with Crippen LogP contribution in [-0.2, 0) is 4.79 Å². The minimum absolute atomic E-state index is 0.0765. The van der Waals surface area contributed by atoms with E-state index in [-0.39, 0.29) is 12.6 Å². The van der Waals surface area contributed by atoms with Gasteiger partial charge in [-0.05, 0) is 47.9 Å². The zero-order valence-corrected chi connectivity index (χ0v) is 15.9. The van der Waals surface area contributed by atoms with Gasteiger partial charge in [0.2, 0.25) is 6.79 Å². The molecule has 1 heterocycles. The van der Waals surface area contributed by atoms with Crippen LogP contribution in [0.2, 0.25) is 0 Å². The van der Waals surface area contributed by atoms with Gasteiger partial charge in [0.05, 0.1) is 0 Å². The van der Waals surface area contributed by atoms with E-state index in [1.165, 1.54) is 12.0 Å². The van der Waals surface area contributed by atoms with Gasteiger partial charge in [0, 0.05) is 24.1 Å². The van der Waals surface area contributed by atoms with Crippen molar-refractivity contribution in [3.63, 3.8) is 0 Å². The van der Waals surface area contributed by atoms with Crippen molar-refractivity contribution in [1.82, 2.24) is 5.01 Å². The summed E-state index contributed by atoms with van der Waals surface area (Å²) in [4.78, 5) is 11.1. The van der Waals surface area contributed by atoms with E-state index in [2.05, 4.69) is 37.3 Å². The lowest BCUT2D eigenvalue weighted by atomic mass is 9.98. The van der Waals surface area contributed by atoms with Crippen molar-refractivity contribution in [2.45, 2.75) is 25.3 Å². The number of ether oxygens (including phenoxy) is 2. The van der Waals surface area contributed by atoms with Crippen LogP contribution in [0.5, 0.6) is 11.5 Å². The molecule has 3 aliphatic rings. The van der Waals surface area contributed by atoms with Crippen LogP contribution in [0, 0.1) is 0 Å². The van der Waals surface area contributed by atoms with Crippen LogP contribution in [0.25, 0.3) is 6.08 Å². The summed E-state index contributed by atoms with van der Waals surface area (Å²) in [6, 6.07) is 16.8. The number of ketones is 1. The summed E-state index contributed by atoms with van der Waals surface area (Å²) >= 11 is 0. The molecule has 2 N–H and O–H groups in total. The molecule has 5 nitrogen and oxygen atoms in total. The quantitative estimate of drug-likeness (QED) is 0.501. The molecule has 2 aliphatic carbocycles. The highest BCUT2D eigenvalue weighted by atomic mass is 16.7. The maximum atomic E-state index is 11.1. The Balaban J connectivity index is 0.000000139. The average molecular weight is 376 g/mol. The Kier molecular flexibility index (Phi) is 5.28. The molecule has 144 valence electrons. The normalized spacial score (nSPS) is 22.7. The lowest BCUT2D eigenvalue weighted by Crippen LogP contribution is -2.33. The molecule has 5 heteroatoms. The minimum atomic E-state index is 0.0765. The van der Waals surface area contributed by atoms with Crippen LogP contribution in [0.1, 0.15) is 30.4 Å². The molecule has 2 aromatic rings. The van der Waals surface area contributed by atoms with Gasteiger partial charge in [0.1, 0.15) is 0 Å². The predicted molar refractivity (Wildman–Crippen MR) is 109 cm³/mol. The number of hydrogen-bond acceptors (Lipinski definition) is 5. The molecule has 1 aliphatic heterocycles. The first-order valence-electron chi connectivity index (χ1n) is 9.55. The number of nitrogens with two attached hydrogens (primary N) is 1. The van der Waals surface area contributed by atoms with Gasteiger partial charge in [-0.3, -0.25) is 10.6 Å². The van der Waals surface area contributed by atoms with Crippen LogP contribution in [0.4, 0.5) is 0 Å². The zero-order chi connectivity index (χ0) is 19.5. The third-order valence-electron chi connectivity index (χ3n) is 5.19. The molecule has 0 bridgehead atoms. The van der Waals surface area contributed by atoms with Crippen LogP contribution in [0.15, 0.2) is 66.3 Å². The average Bonchev–Trinajstić information content (AvgIpc) is 3.41. The third-order valence-corrected chi connectivity index (χ3v) is 5.19. The first kappa shape index (κ1) is 18.5. The van der Waals surface area contributed by atoms with Gasteiger partial charge in [0.25, 0.3) is 0 Å². The number of benzene rings is 2. The molecule has 1 fully saturated rings. The number of carbonyl (C=O) groups excluding carboxylic acids is 1. The molecule has 0 radical (unpaired) electrons. The summed E-state index contributed by atoms with van der Waals surface area (Å²) in [7, 11) is 0. The molecule has 0 aromatic heterocycles. The number of allylic oxidation sites excluding steroid dienone is 3. The van der Waals surface area contributed by atoms with E-state index < -0.39 is 0 Å². The highest BCUT2D eigenvalue weighted by molar-refractivity contribution is 6.16. The fourth-order valence-electron chi connectivity index (χ4n) is 3.39. The largest absolute Gasteiger partial charge is 0.454 e. The van der Waals surface area contributed by atoms with Crippen molar-refractivity contribution in [3.05, 3.63) is 77.4 Å². The standard InChI is InChI=1S/C12H8O3.C11H16N2/c13-10-3-2-9(10)5-8-1-4-11-12(6-8)15-7-14-11;1-2-13(12)11-8-10(11)9-6-4-3-5-7-9/h1-6H,7H2;3-7,10-11H,2,8,12H2,1H3. The monoisotopic (exact) mass is 376 g/mol. The Morgan fingerprint density at radius 1 is 1.11 bits per heavy atom. The van der Waals surface area contributed by atoms with Crippen molar-refractivity contribution in [3.8, 4) is 11.5 Å². The maximum Gasteiger partial charge on any atom is 0.231 e. The van der Waals surface area contributed by atoms with E-state index in [4.69, 9.17) is 15.3 Å². The van der Waals surface area contributed by atoms with E-state index in [1.807, 2.05) is 29.3 Å². The second-order valence-electron chi connectivity index (χ2n) is 7.06. The Morgan fingerprint density at radius 3 is 2.57 bits per heavy atom. The summed E-state index contributed by atoms with van der Waals surface area (Å²) < 4.78 is 10.4. The topological polar surface area (TPSA) is 64.8 Å². The second-order valence-corrected chi connectivity index (χ2v) is 7.06.